The number of fused-ring (bicyclic) bond motifs is 2. The first-order valence-corrected chi connectivity index (χ1v) is 12.4. The number of anilines is 1. The average molecular weight is 519 g/mol. The van der Waals surface area contributed by atoms with Crippen molar-refractivity contribution in [1.82, 2.24) is 4.98 Å². The number of Topliss-reactive ketones (excluding diaryl/α,β-unsaturated/α-hetero) is 1. The van der Waals surface area contributed by atoms with Crippen molar-refractivity contribution in [2.24, 2.45) is 0 Å². The molecule has 7 nitrogen and oxygen atoms in total. The molecule has 0 radical (unpaired) electrons. The second-order valence-electron chi connectivity index (χ2n) is 8.55. The molecule has 1 fully saturated rings. The molecule has 1 atom stereocenters. The van der Waals surface area contributed by atoms with Crippen LogP contribution in [0.1, 0.15) is 22.7 Å². The van der Waals surface area contributed by atoms with Gasteiger partial charge < -0.3 is 14.6 Å². The monoisotopic (exact) mass is 518 g/mol. The fourth-order valence-corrected chi connectivity index (χ4v) is 5.68. The Morgan fingerprint density at radius 2 is 1.78 bits per heavy atom. The Hall–Kier alpha value is -3.88. The zero-order valence-electron chi connectivity index (χ0n) is 19.0. The SMILES string of the molecule is Cc1ccc2nc(N3C(=O)C(=O)/C(=C(/O)c4ccc5c(c4)OCCO5)C3c3ccc(Cl)cc3)sc2c1. The van der Waals surface area contributed by atoms with Gasteiger partial charge >= 0.3 is 5.91 Å². The van der Waals surface area contributed by atoms with Gasteiger partial charge in [0, 0.05) is 10.6 Å². The predicted molar refractivity (Wildman–Crippen MR) is 138 cm³/mol. The Balaban J connectivity index is 1.54. The van der Waals surface area contributed by atoms with E-state index in [1.807, 2.05) is 25.1 Å². The molecule has 1 saturated heterocycles. The summed E-state index contributed by atoms with van der Waals surface area (Å²) in [6.45, 7) is 2.79. The van der Waals surface area contributed by atoms with Crippen LogP contribution in [0.15, 0.2) is 66.2 Å². The third-order valence-electron chi connectivity index (χ3n) is 6.18. The number of aliphatic hydroxyl groups excluding tert-OH is 1. The van der Waals surface area contributed by atoms with E-state index in [0.717, 1.165) is 15.8 Å². The number of hydrogen-bond acceptors (Lipinski definition) is 7. The normalized spacial score (nSPS) is 18.7. The predicted octanol–water partition coefficient (Wildman–Crippen LogP) is 5.66. The standard InChI is InChI=1S/C27H19ClN2O5S/c1-14-2-8-18-21(12-14)36-27(29-18)30-23(15-3-6-17(28)7-4-15)22(25(32)26(30)33)24(31)16-5-9-19-20(13-16)35-11-10-34-19/h2-9,12-13,23,31H,10-11H2,1H3/b24-22+. The number of halogens is 1. The maximum absolute atomic E-state index is 13.4. The Kier molecular flexibility index (Phi) is 5.43. The topological polar surface area (TPSA) is 89.0 Å². The fourth-order valence-electron chi connectivity index (χ4n) is 4.46. The third-order valence-corrected chi connectivity index (χ3v) is 7.45. The first-order chi connectivity index (χ1) is 17.4. The van der Waals surface area contributed by atoms with Crippen molar-refractivity contribution in [1.29, 1.82) is 0 Å². The molecule has 1 amide bonds. The van der Waals surface area contributed by atoms with Crippen LogP contribution in [-0.2, 0) is 9.59 Å². The molecular weight excluding hydrogens is 500 g/mol. The molecule has 1 N–H and O–H groups in total. The molecule has 3 heterocycles. The Bertz CT molecular complexity index is 1580. The van der Waals surface area contributed by atoms with Crippen LogP contribution in [0.3, 0.4) is 0 Å². The summed E-state index contributed by atoms with van der Waals surface area (Å²) in [4.78, 5) is 32.8. The van der Waals surface area contributed by atoms with Gasteiger partial charge in [-0.3, -0.25) is 14.5 Å². The molecule has 3 aromatic carbocycles. The molecular formula is C27H19ClN2O5S. The summed E-state index contributed by atoms with van der Waals surface area (Å²) in [6.07, 6.45) is 0. The summed E-state index contributed by atoms with van der Waals surface area (Å²) in [5.74, 6) is -0.839. The number of carbonyl (C=O) groups excluding carboxylic acids is 2. The van der Waals surface area contributed by atoms with Gasteiger partial charge in [0.25, 0.3) is 5.78 Å². The molecule has 0 spiro atoms. The smallest absolute Gasteiger partial charge is 0.301 e. The van der Waals surface area contributed by atoms with E-state index in [-0.39, 0.29) is 11.3 Å². The molecule has 0 bridgehead atoms. The number of aryl methyl sites for hydroxylation is 1. The molecule has 0 saturated carbocycles. The summed E-state index contributed by atoms with van der Waals surface area (Å²) >= 11 is 7.43. The lowest BCUT2D eigenvalue weighted by atomic mass is 9.95. The van der Waals surface area contributed by atoms with Crippen LogP contribution in [0.25, 0.3) is 16.0 Å². The molecule has 36 heavy (non-hydrogen) atoms. The number of aliphatic hydroxyl groups is 1. The van der Waals surface area contributed by atoms with Gasteiger partial charge in [-0.2, -0.15) is 0 Å². The molecule has 180 valence electrons. The zero-order chi connectivity index (χ0) is 25.0. The van der Waals surface area contributed by atoms with E-state index in [9.17, 15) is 14.7 Å². The Labute approximate surface area is 215 Å². The van der Waals surface area contributed by atoms with Crippen LogP contribution in [0.4, 0.5) is 5.13 Å². The minimum atomic E-state index is -0.892. The van der Waals surface area contributed by atoms with Gasteiger partial charge in [-0.05, 0) is 60.5 Å². The van der Waals surface area contributed by atoms with Gasteiger partial charge in [-0.25, -0.2) is 4.98 Å². The van der Waals surface area contributed by atoms with Gasteiger partial charge in [0.05, 0.1) is 21.8 Å². The second kappa shape index (κ2) is 8.65. The summed E-state index contributed by atoms with van der Waals surface area (Å²) in [7, 11) is 0. The summed E-state index contributed by atoms with van der Waals surface area (Å²) in [5, 5.41) is 12.3. The fraction of sp³-hybridized carbons (Fsp3) is 0.148. The van der Waals surface area contributed by atoms with Crippen molar-refractivity contribution in [2.45, 2.75) is 13.0 Å². The van der Waals surface area contributed by atoms with Crippen molar-refractivity contribution in [3.05, 3.63) is 87.9 Å². The quantitative estimate of drug-likeness (QED) is 0.214. The highest BCUT2D eigenvalue weighted by molar-refractivity contribution is 7.22. The summed E-state index contributed by atoms with van der Waals surface area (Å²) < 4.78 is 12.1. The third kappa shape index (κ3) is 3.70. The highest BCUT2D eigenvalue weighted by atomic mass is 35.5. The molecule has 9 heteroatoms. The van der Waals surface area contributed by atoms with Crippen LogP contribution >= 0.6 is 22.9 Å². The van der Waals surface area contributed by atoms with Crippen LogP contribution in [-0.4, -0.2) is 35.0 Å². The maximum atomic E-state index is 13.4. The van der Waals surface area contributed by atoms with Gasteiger partial charge in [0.15, 0.2) is 16.6 Å². The Morgan fingerprint density at radius 3 is 2.56 bits per heavy atom. The number of rotatable bonds is 3. The first-order valence-electron chi connectivity index (χ1n) is 11.2. The van der Waals surface area contributed by atoms with Crippen molar-refractivity contribution >= 4 is 55.7 Å². The number of hydrogen-bond donors (Lipinski definition) is 1. The lowest BCUT2D eigenvalue weighted by Crippen LogP contribution is -2.29. The molecule has 6 rings (SSSR count). The van der Waals surface area contributed by atoms with E-state index in [2.05, 4.69) is 4.98 Å². The highest BCUT2D eigenvalue weighted by Gasteiger charge is 2.48. The molecule has 0 aliphatic carbocycles. The number of nitrogens with zero attached hydrogens (tertiary/aromatic N) is 2. The van der Waals surface area contributed by atoms with E-state index < -0.39 is 17.7 Å². The molecule has 1 unspecified atom stereocenters. The lowest BCUT2D eigenvalue weighted by molar-refractivity contribution is -0.132. The maximum Gasteiger partial charge on any atom is 0.301 e. The number of benzene rings is 3. The molecule has 2 aliphatic rings. The van der Waals surface area contributed by atoms with Crippen LogP contribution in [0.2, 0.25) is 5.02 Å². The van der Waals surface area contributed by atoms with Crippen molar-refractivity contribution in [3.63, 3.8) is 0 Å². The number of thiazole rings is 1. The number of aromatic nitrogens is 1. The van der Waals surface area contributed by atoms with Gasteiger partial charge in [-0.15, -0.1) is 0 Å². The largest absolute Gasteiger partial charge is 0.507 e. The first kappa shape index (κ1) is 22.6. The van der Waals surface area contributed by atoms with Gasteiger partial charge in [0.2, 0.25) is 0 Å². The van der Waals surface area contributed by atoms with Gasteiger partial charge in [0.1, 0.15) is 19.0 Å². The Morgan fingerprint density at radius 1 is 1.03 bits per heavy atom. The minimum Gasteiger partial charge on any atom is -0.507 e. The molecule has 4 aromatic rings. The van der Waals surface area contributed by atoms with Crippen LogP contribution in [0, 0.1) is 6.92 Å². The minimum absolute atomic E-state index is 0.0329. The van der Waals surface area contributed by atoms with Crippen molar-refractivity contribution in [2.75, 3.05) is 18.1 Å². The van der Waals surface area contributed by atoms with Crippen LogP contribution < -0.4 is 14.4 Å². The summed E-state index contributed by atoms with van der Waals surface area (Å²) in [5.41, 5.74) is 2.72. The number of amides is 1. The van der Waals surface area contributed by atoms with E-state index in [1.165, 1.54) is 16.2 Å². The lowest BCUT2D eigenvalue weighted by Gasteiger charge is -2.23. The number of ketones is 1. The highest BCUT2D eigenvalue weighted by Crippen LogP contribution is 2.45. The van der Waals surface area contributed by atoms with E-state index >= 15 is 0 Å². The number of ether oxygens (including phenoxy) is 2. The average Bonchev–Trinajstić information content (AvgIpc) is 3.41. The van der Waals surface area contributed by atoms with E-state index in [1.54, 1.807) is 42.5 Å². The molecule has 1 aromatic heterocycles. The molecule has 2 aliphatic heterocycles. The van der Waals surface area contributed by atoms with E-state index in [4.69, 9.17) is 21.1 Å². The van der Waals surface area contributed by atoms with Crippen molar-refractivity contribution < 1.29 is 24.2 Å². The van der Waals surface area contributed by atoms with Crippen LogP contribution in [0.5, 0.6) is 11.5 Å². The summed E-state index contributed by atoms with van der Waals surface area (Å²) in [6, 6.07) is 16.7. The van der Waals surface area contributed by atoms with Crippen molar-refractivity contribution in [3.8, 4) is 11.5 Å². The zero-order valence-corrected chi connectivity index (χ0v) is 20.6. The van der Waals surface area contributed by atoms with Gasteiger partial charge in [-0.1, -0.05) is 41.1 Å². The second-order valence-corrected chi connectivity index (χ2v) is 9.99. The number of carbonyl (C=O) groups is 2. The van der Waals surface area contributed by atoms with E-state index in [0.29, 0.717) is 46.0 Å².